The van der Waals surface area contributed by atoms with E-state index in [0.717, 1.165) is 23.4 Å². The van der Waals surface area contributed by atoms with E-state index in [1.54, 1.807) is 45.4 Å². The van der Waals surface area contributed by atoms with Crippen LogP contribution >= 0.6 is 9.90 Å². The quantitative estimate of drug-likeness (QED) is 0.114. The maximum absolute atomic E-state index is 12.5. The summed E-state index contributed by atoms with van der Waals surface area (Å²) >= 11 is 0. The second-order valence-electron chi connectivity index (χ2n) is 10.9. The van der Waals surface area contributed by atoms with Gasteiger partial charge in [0.2, 0.25) is 0 Å². The molecule has 0 bridgehead atoms. The molecule has 0 saturated heterocycles. The van der Waals surface area contributed by atoms with Gasteiger partial charge in [-0.2, -0.15) is 9.90 Å². The highest BCUT2D eigenvalue weighted by Crippen LogP contribution is 2.37. The Morgan fingerprint density at radius 3 is 1.86 bits per heavy atom. The van der Waals surface area contributed by atoms with Gasteiger partial charge >= 0.3 is 11.9 Å². The predicted octanol–water partition coefficient (Wildman–Crippen LogP) is 6.72. The van der Waals surface area contributed by atoms with Crippen molar-refractivity contribution in [1.82, 2.24) is 0 Å². The van der Waals surface area contributed by atoms with E-state index in [2.05, 4.69) is 44.2 Å². The molecule has 0 amide bonds. The summed E-state index contributed by atoms with van der Waals surface area (Å²) in [7, 11) is 1.36. The normalized spacial score (nSPS) is 12.6. The minimum atomic E-state index is -1.87. The number of nitrogens with zero attached hydrogens (tertiary/aromatic N) is 1. The van der Waals surface area contributed by atoms with Gasteiger partial charge in [-0.15, -0.1) is 0 Å². The highest BCUT2D eigenvalue weighted by molar-refractivity contribution is 6.92. The number of carbonyl (C=O) groups excluding carboxylic acids is 2. The number of rotatable bonds is 13. The fourth-order valence-corrected chi connectivity index (χ4v) is 4.27. The van der Waals surface area contributed by atoms with Crippen LogP contribution in [0.2, 0.25) is 18.1 Å². The van der Waals surface area contributed by atoms with E-state index in [4.69, 9.17) is 23.4 Å². The average molecular weight is 623 g/mol. The molecule has 3 atom stereocenters. The molecule has 0 heterocycles. The van der Waals surface area contributed by atoms with Crippen LogP contribution in [0.1, 0.15) is 41.5 Å². The second kappa shape index (κ2) is 19.3. The molecule has 2 aromatic rings. The lowest BCUT2D eigenvalue weighted by Gasteiger charge is -2.37. The Hall–Kier alpha value is -2.94. The molecular formula is C31H51N2O7PSi. The maximum Gasteiger partial charge on any atom is 0.349 e. The maximum atomic E-state index is 12.5. The zero-order valence-corrected chi connectivity index (χ0v) is 29.4. The fourth-order valence-electron chi connectivity index (χ4n) is 3.16. The van der Waals surface area contributed by atoms with Crippen LogP contribution < -0.4 is 14.8 Å². The van der Waals surface area contributed by atoms with Gasteiger partial charge in [0, 0.05) is 18.2 Å². The number of esters is 2. The van der Waals surface area contributed by atoms with Crippen LogP contribution in [0.5, 0.6) is 11.5 Å². The van der Waals surface area contributed by atoms with Gasteiger partial charge in [0.1, 0.15) is 23.8 Å². The van der Waals surface area contributed by atoms with Crippen molar-refractivity contribution in [3.63, 3.8) is 0 Å². The molecule has 236 valence electrons. The first kappa shape index (κ1) is 39.1. The Balaban J connectivity index is 0.000000894. The van der Waals surface area contributed by atoms with Crippen molar-refractivity contribution in [2.75, 3.05) is 39.4 Å². The van der Waals surface area contributed by atoms with Gasteiger partial charge in [0.15, 0.2) is 8.32 Å². The van der Waals surface area contributed by atoms with Gasteiger partial charge in [-0.25, -0.2) is 14.6 Å². The van der Waals surface area contributed by atoms with E-state index in [1.165, 1.54) is 0 Å². The molecule has 11 heteroatoms. The smallest absolute Gasteiger partial charge is 0.349 e. The summed E-state index contributed by atoms with van der Waals surface area (Å²) in [5.41, 5.74) is 1.53. The van der Waals surface area contributed by atoms with Crippen LogP contribution in [0.4, 0.5) is 11.4 Å². The van der Waals surface area contributed by atoms with Crippen molar-refractivity contribution in [3.05, 3.63) is 48.5 Å². The van der Waals surface area contributed by atoms with Gasteiger partial charge in [0.25, 0.3) is 0 Å². The SMILES string of the molecule is CCOC(=O)C=Nc1ccc(OC)cc1.CCOC(=O)[C@@H](Nc1ccc(OC)cc1)[C@@H](C)CO[Si](C)(C)C(C)(C)C.P. The van der Waals surface area contributed by atoms with Crippen molar-refractivity contribution in [2.24, 2.45) is 10.9 Å². The number of benzene rings is 2. The van der Waals surface area contributed by atoms with Crippen molar-refractivity contribution in [1.29, 1.82) is 0 Å². The lowest BCUT2D eigenvalue weighted by molar-refractivity contribution is -0.145. The first-order chi connectivity index (χ1) is 19.3. The summed E-state index contributed by atoms with van der Waals surface area (Å²) in [5, 5.41) is 3.43. The molecule has 0 aliphatic carbocycles. The van der Waals surface area contributed by atoms with E-state index < -0.39 is 20.3 Å². The summed E-state index contributed by atoms with van der Waals surface area (Å²) in [5.74, 6) is 0.816. The third-order valence-corrected chi connectivity index (χ3v) is 11.2. The molecule has 2 aromatic carbocycles. The summed E-state index contributed by atoms with van der Waals surface area (Å²) in [6, 6.07) is 14.1. The van der Waals surface area contributed by atoms with E-state index >= 15 is 0 Å². The molecule has 0 spiro atoms. The molecule has 0 aliphatic heterocycles. The first-order valence-corrected chi connectivity index (χ1v) is 16.7. The molecule has 0 aromatic heterocycles. The minimum Gasteiger partial charge on any atom is -0.497 e. The number of methoxy groups -OCH3 is 2. The molecule has 1 N–H and O–H groups in total. The monoisotopic (exact) mass is 622 g/mol. The second-order valence-corrected chi connectivity index (χ2v) is 15.7. The Morgan fingerprint density at radius 1 is 0.905 bits per heavy atom. The van der Waals surface area contributed by atoms with E-state index in [0.29, 0.717) is 25.5 Å². The number of ether oxygens (including phenoxy) is 4. The molecule has 0 radical (unpaired) electrons. The molecule has 42 heavy (non-hydrogen) atoms. The highest BCUT2D eigenvalue weighted by atomic mass is 31.0. The Labute approximate surface area is 256 Å². The van der Waals surface area contributed by atoms with Crippen LogP contribution in [0.3, 0.4) is 0 Å². The topological polar surface area (TPSA) is 105 Å². The average Bonchev–Trinajstić information content (AvgIpc) is 2.94. The molecule has 1 unspecified atom stereocenters. The number of aliphatic imine (C=N–C) groups is 1. The largest absolute Gasteiger partial charge is 0.497 e. The van der Waals surface area contributed by atoms with E-state index in [1.807, 2.05) is 38.1 Å². The standard InChI is InChI=1S/C20H35NO4Si.C11H13NO3.H3P/c1-9-24-19(22)18(21-16-10-12-17(23-6)13-11-16)15(2)14-25-26(7,8)20(3,4)5;1-3-15-11(13)8-12-9-4-6-10(14-2)7-5-9;/h10-13,15,18,21H,9,14H2,1-8H3;4-8H,3H2,1-2H3;1H3/t15-,18-;;/m0../s1. The third kappa shape index (κ3) is 13.8. The number of carbonyl (C=O) groups is 2. The summed E-state index contributed by atoms with van der Waals surface area (Å²) in [6.07, 6.45) is 1.16. The van der Waals surface area contributed by atoms with Crippen LogP contribution in [0.25, 0.3) is 0 Å². The Morgan fingerprint density at radius 2 is 1.40 bits per heavy atom. The minimum absolute atomic E-state index is 0. The fraction of sp³-hybridized carbons (Fsp3) is 0.516. The molecule has 2 rings (SSSR count). The van der Waals surface area contributed by atoms with E-state index in [9.17, 15) is 9.59 Å². The number of hydrogen-bond donors (Lipinski definition) is 1. The van der Waals surface area contributed by atoms with Crippen molar-refractivity contribution < 1.29 is 33.0 Å². The number of hydrogen-bond acceptors (Lipinski definition) is 9. The summed E-state index contributed by atoms with van der Waals surface area (Å²) in [4.78, 5) is 27.4. The van der Waals surface area contributed by atoms with Gasteiger partial charge in [-0.1, -0.05) is 27.7 Å². The van der Waals surface area contributed by atoms with Crippen molar-refractivity contribution in [3.8, 4) is 11.5 Å². The highest BCUT2D eigenvalue weighted by Gasteiger charge is 2.38. The van der Waals surface area contributed by atoms with E-state index in [-0.39, 0.29) is 26.8 Å². The third-order valence-electron chi connectivity index (χ3n) is 6.71. The zero-order valence-electron chi connectivity index (χ0n) is 27.0. The van der Waals surface area contributed by atoms with Crippen LogP contribution in [-0.2, 0) is 23.5 Å². The molecule has 0 fully saturated rings. The zero-order chi connectivity index (χ0) is 31.1. The van der Waals surface area contributed by atoms with Gasteiger partial charge in [0.05, 0.1) is 33.1 Å². The van der Waals surface area contributed by atoms with Crippen LogP contribution in [-0.4, -0.2) is 66.6 Å². The molecule has 9 nitrogen and oxygen atoms in total. The molecule has 0 saturated carbocycles. The van der Waals surface area contributed by atoms with Crippen molar-refractivity contribution in [2.45, 2.75) is 65.7 Å². The Kier molecular flexibility index (Phi) is 17.9. The van der Waals surface area contributed by atoms with Gasteiger partial charge in [-0.05, 0) is 80.5 Å². The number of nitrogens with one attached hydrogen (secondary N) is 1. The first-order valence-electron chi connectivity index (χ1n) is 13.8. The predicted molar refractivity (Wildman–Crippen MR) is 178 cm³/mol. The molecule has 0 aliphatic rings. The lowest BCUT2D eigenvalue weighted by atomic mass is 10.0. The molecular weight excluding hydrogens is 571 g/mol. The lowest BCUT2D eigenvalue weighted by Crippen LogP contribution is -2.45. The number of anilines is 1. The van der Waals surface area contributed by atoms with Gasteiger partial charge < -0.3 is 28.7 Å². The Bertz CT molecular complexity index is 1090. The van der Waals surface area contributed by atoms with Crippen LogP contribution in [0, 0.1) is 5.92 Å². The summed E-state index contributed by atoms with van der Waals surface area (Å²) < 4.78 is 26.4. The van der Waals surface area contributed by atoms with Gasteiger partial charge in [-0.3, -0.25) is 0 Å². The van der Waals surface area contributed by atoms with Crippen molar-refractivity contribution >= 4 is 47.7 Å². The van der Waals surface area contributed by atoms with Crippen LogP contribution in [0.15, 0.2) is 53.5 Å². The summed E-state index contributed by atoms with van der Waals surface area (Å²) in [6.45, 7) is 17.9.